The lowest BCUT2D eigenvalue weighted by atomic mass is 9.99. The zero-order valence-corrected chi connectivity index (χ0v) is 18.9. The molecule has 0 spiro atoms. The fourth-order valence-corrected chi connectivity index (χ4v) is 3.62. The highest BCUT2D eigenvalue weighted by atomic mass is 16.7. The molecule has 0 bridgehead atoms. The van der Waals surface area contributed by atoms with Crippen molar-refractivity contribution in [2.24, 2.45) is 0 Å². The smallest absolute Gasteiger partial charge is 0.335 e. The number of aliphatic carboxylic acids is 1. The molecule has 0 radical (unpaired) electrons. The van der Waals surface area contributed by atoms with E-state index in [1.807, 2.05) is 0 Å². The molecule has 2 rings (SSSR count). The van der Waals surface area contributed by atoms with Gasteiger partial charge in [-0.2, -0.15) is 0 Å². The Labute approximate surface area is 192 Å². The van der Waals surface area contributed by atoms with Gasteiger partial charge in [-0.3, -0.25) is 4.79 Å². The number of ketones is 1. The number of methoxy groups -OCH3 is 1. The number of carbonyl (C=O) groups is 2. The summed E-state index contributed by atoms with van der Waals surface area (Å²) in [6.45, 7) is 2.07. The maximum atomic E-state index is 12.2. The summed E-state index contributed by atoms with van der Waals surface area (Å²) in [6, 6.07) is 4.88. The fraction of sp³-hybridized carbons (Fsp3) is 0.652. The van der Waals surface area contributed by atoms with Crippen LogP contribution in [0.3, 0.4) is 0 Å². The van der Waals surface area contributed by atoms with E-state index in [1.165, 1.54) is 7.11 Å². The van der Waals surface area contributed by atoms with E-state index in [0.717, 1.165) is 19.3 Å². The number of unbranched alkanes of at least 4 members (excludes halogenated alkanes) is 2. The minimum Gasteiger partial charge on any atom is -0.493 e. The van der Waals surface area contributed by atoms with Crippen molar-refractivity contribution in [2.75, 3.05) is 7.11 Å². The molecule has 0 aromatic heterocycles. The second-order valence-electron chi connectivity index (χ2n) is 8.23. The summed E-state index contributed by atoms with van der Waals surface area (Å²) in [6.07, 6.45) is -5.11. The van der Waals surface area contributed by atoms with E-state index in [2.05, 4.69) is 6.92 Å². The third-order valence-electron chi connectivity index (χ3n) is 5.58. The largest absolute Gasteiger partial charge is 0.493 e. The minimum atomic E-state index is -1.83. The van der Waals surface area contributed by atoms with E-state index in [-0.39, 0.29) is 30.1 Å². The Kier molecular flexibility index (Phi) is 10.5. The molecule has 1 fully saturated rings. The molecular formula is C23H34O10. The SMILES string of the molecule is CCCCCC(O)CC(=O)CCc1ccc(OC)c(OC2O[C@H](C(=O)O)[C@@H](O)[C@H](O)[C@H]2O)c1. The van der Waals surface area contributed by atoms with Crippen molar-refractivity contribution in [3.8, 4) is 11.5 Å². The predicted molar refractivity (Wildman–Crippen MR) is 116 cm³/mol. The quantitative estimate of drug-likeness (QED) is 0.261. The summed E-state index contributed by atoms with van der Waals surface area (Å²) in [5.74, 6) is -1.21. The Bertz CT molecular complexity index is 783. The van der Waals surface area contributed by atoms with Crippen molar-refractivity contribution < 1.29 is 49.3 Å². The molecule has 10 heteroatoms. The lowest BCUT2D eigenvalue weighted by Crippen LogP contribution is -2.61. The number of Topliss-reactive ketones (excluding diaryl/α,β-unsaturated/α-hetero) is 1. The summed E-state index contributed by atoms with van der Waals surface area (Å²) in [5.41, 5.74) is 0.709. The summed E-state index contributed by atoms with van der Waals surface area (Å²) < 4.78 is 16.0. The number of carboxylic acids is 1. The standard InChI is InChI=1S/C23H34O10/c1-3-4-5-6-14(24)12-15(25)9-7-13-8-10-16(31-2)17(11-13)32-23-20(28)18(26)19(27)21(33-23)22(29)30/h8,10-11,14,18-21,23-24,26-28H,3-7,9,12H2,1-2H3,(H,29,30)/t14?,18-,19-,20+,21-,23?/m0/s1. The van der Waals surface area contributed by atoms with Gasteiger partial charge in [0.15, 0.2) is 17.6 Å². The Morgan fingerprint density at radius 2 is 1.82 bits per heavy atom. The molecule has 1 aromatic carbocycles. The van der Waals surface area contributed by atoms with Gasteiger partial charge < -0.3 is 39.7 Å². The van der Waals surface area contributed by atoms with Gasteiger partial charge in [0.2, 0.25) is 6.29 Å². The van der Waals surface area contributed by atoms with Crippen LogP contribution in [0.25, 0.3) is 0 Å². The molecule has 1 heterocycles. The number of ether oxygens (including phenoxy) is 3. The molecule has 186 valence electrons. The van der Waals surface area contributed by atoms with E-state index < -0.39 is 42.8 Å². The third kappa shape index (κ3) is 7.65. The first kappa shape index (κ1) is 27.0. The molecule has 10 nitrogen and oxygen atoms in total. The van der Waals surface area contributed by atoms with E-state index in [1.54, 1.807) is 18.2 Å². The van der Waals surface area contributed by atoms with Gasteiger partial charge in [-0.15, -0.1) is 0 Å². The Morgan fingerprint density at radius 3 is 2.45 bits per heavy atom. The number of aryl methyl sites for hydroxylation is 1. The molecule has 1 aromatic rings. The first-order chi connectivity index (χ1) is 15.7. The Balaban J connectivity index is 2.02. The number of benzene rings is 1. The van der Waals surface area contributed by atoms with Gasteiger partial charge in [-0.05, 0) is 30.5 Å². The summed E-state index contributed by atoms with van der Waals surface area (Å²) >= 11 is 0. The fourth-order valence-electron chi connectivity index (χ4n) is 3.62. The van der Waals surface area contributed by atoms with Gasteiger partial charge in [-0.25, -0.2) is 4.79 Å². The lowest BCUT2D eigenvalue weighted by Gasteiger charge is -2.38. The second-order valence-corrected chi connectivity index (χ2v) is 8.23. The van der Waals surface area contributed by atoms with Gasteiger partial charge in [0.05, 0.1) is 13.2 Å². The number of hydrogen-bond acceptors (Lipinski definition) is 9. The van der Waals surface area contributed by atoms with Crippen molar-refractivity contribution in [1.82, 2.24) is 0 Å². The van der Waals surface area contributed by atoms with Crippen LogP contribution in [0.4, 0.5) is 0 Å². The van der Waals surface area contributed by atoms with Gasteiger partial charge in [-0.1, -0.05) is 32.3 Å². The second kappa shape index (κ2) is 12.9. The van der Waals surface area contributed by atoms with Crippen LogP contribution in [-0.4, -0.2) is 81.2 Å². The first-order valence-electron chi connectivity index (χ1n) is 11.1. The number of carbonyl (C=O) groups excluding carboxylic acids is 1. The topological polar surface area (TPSA) is 163 Å². The number of rotatable bonds is 13. The number of carboxylic acid groups (broad SMARTS) is 1. The van der Waals surface area contributed by atoms with Gasteiger partial charge >= 0.3 is 5.97 Å². The molecule has 0 saturated carbocycles. The minimum absolute atomic E-state index is 0.0651. The van der Waals surface area contributed by atoms with Crippen LogP contribution < -0.4 is 9.47 Å². The van der Waals surface area contributed by atoms with Crippen LogP contribution in [0.2, 0.25) is 0 Å². The van der Waals surface area contributed by atoms with Crippen molar-refractivity contribution in [3.63, 3.8) is 0 Å². The number of aliphatic hydroxyl groups excluding tert-OH is 4. The molecule has 33 heavy (non-hydrogen) atoms. The van der Waals surface area contributed by atoms with Gasteiger partial charge in [0, 0.05) is 12.8 Å². The van der Waals surface area contributed by atoms with Crippen LogP contribution >= 0.6 is 0 Å². The highest BCUT2D eigenvalue weighted by molar-refractivity contribution is 5.79. The molecule has 6 atom stereocenters. The normalized spacial score (nSPS) is 25.9. The monoisotopic (exact) mass is 470 g/mol. The first-order valence-corrected chi connectivity index (χ1v) is 11.1. The van der Waals surface area contributed by atoms with Crippen LogP contribution in [0.15, 0.2) is 18.2 Å². The van der Waals surface area contributed by atoms with E-state index in [4.69, 9.17) is 14.2 Å². The van der Waals surface area contributed by atoms with E-state index in [9.17, 15) is 35.1 Å². The molecule has 1 saturated heterocycles. The van der Waals surface area contributed by atoms with Crippen molar-refractivity contribution in [1.29, 1.82) is 0 Å². The zero-order chi connectivity index (χ0) is 24.5. The highest BCUT2D eigenvalue weighted by Crippen LogP contribution is 2.32. The highest BCUT2D eigenvalue weighted by Gasteiger charge is 2.48. The average Bonchev–Trinajstić information content (AvgIpc) is 2.78. The zero-order valence-electron chi connectivity index (χ0n) is 18.9. The van der Waals surface area contributed by atoms with Crippen LogP contribution in [0.5, 0.6) is 11.5 Å². The summed E-state index contributed by atoms with van der Waals surface area (Å²) in [7, 11) is 1.39. The molecule has 1 aliphatic heterocycles. The van der Waals surface area contributed by atoms with Crippen molar-refractivity contribution in [2.45, 2.75) is 88.7 Å². The van der Waals surface area contributed by atoms with Gasteiger partial charge in [0.25, 0.3) is 0 Å². The average molecular weight is 471 g/mol. The molecule has 1 aliphatic rings. The Hall–Kier alpha value is -2.24. The van der Waals surface area contributed by atoms with Crippen molar-refractivity contribution >= 4 is 11.8 Å². The van der Waals surface area contributed by atoms with Gasteiger partial charge in [0.1, 0.15) is 24.1 Å². The lowest BCUT2D eigenvalue weighted by molar-refractivity contribution is -0.271. The molecule has 5 N–H and O–H groups in total. The molecule has 0 amide bonds. The number of aliphatic hydroxyl groups is 4. The van der Waals surface area contributed by atoms with Crippen LogP contribution in [0.1, 0.15) is 51.0 Å². The molecule has 0 aliphatic carbocycles. The molecule has 2 unspecified atom stereocenters. The third-order valence-corrected chi connectivity index (χ3v) is 5.58. The number of hydrogen-bond donors (Lipinski definition) is 5. The maximum Gasteiger partial charge on any atom is 0.335 e. The van der Waals surface area contributed by atoms with E-state index in [0.29, 0.717) is 18.4 Å². The Morgan fingerprint density at radius 1 is 1.09 bits per heavy atom. The predicted octanol–water partition coefficient (Wildman–Crippen LogP) is 0.799. The summed E-state index contributed by atoms with van der Waals surface area (Å²) in [4.78, 5) is 23.5. The van der Waals surface area contributed by atoms with Crippen molar-refractivity contribution in [3.05, 3.63) is 23.8 Å². The van der Waals surface area contributed by atoms with E-state index >= 15 is 0 Å². The van der Waals surface area contributed by atoms with Crippen LogP contribution in [-0.2, 0) is 20.7 Å². The maximum absolute atomic E-state index is 12.2. The summed E-state index contributed by atoms with van der Waals surface area (Å²) in [5, 5.41) is 49.1. The van der Waals surface area contributed by atoms with Crippen LogP contribution in [0, 0.1) is 0 Å². The molecular weight excluding hydrogens is 436 g/mol.